The summed E-state index contributed by atoms with van der Waals surface area (Å²) in [6.45, 7) is 5.56. The molecule has 0 aromatic rings. The lowest BCUT2D eigenvalue weighted by molar-refractivity contribution is -0.143. The summed E-state index contributed by atoms with van der Waals surface area (Å²) in [5, 5.41) is 21.4. The molecule has 0 bridgehead atoms. The number of unbranched alkanes of at least 4 members (excludes halogenated alkanes) is 5. The van der Waals surface area contributed by atoms with E-state index in [-0.39, 0.29) is 24.0 Å². The van der Waals surface area contributed by atoms with Gasteiger partial charge in [-0.2, -0.15) is 0 Å². The van der Waals surface area contributed by atoms with Gasteiger partial charge in [-0.3, -0.25) is 9.59 Å². The molecule has 166 valence electrons. The number of amides is 1. The van der Waals surface area contributed by atoms with E-state index >= 15 is 0 Å². The highest BCUT2D eigenvalue weighted by Gasteiger charge is 2.22. The molecule has 0 saturated heterocycles. The zero-order valence-corrected chi connectivity index (χ0v) is 18.2. The van der Waals surface area contributed by atoms with E-state index in [0.29, 0.717) is 12.8 Å². The topological polar surface area (TPSA) is 104 Å². The smallest absolute Gasteiger partial charge is 0.326 e. The molecule has 0 fully saturated rings. The maximum atomic E-state index is 11.8. The Morgan fingerprint density at radius 3 is 2.21 bits per heavy atom. The van der Waals surface area contributed by atoms with Crippen molar-refractivity contribution in [3.05, 3.63) is 24.3 Å². The van der Waals surface area contributed by atoms with Gasteiger partial charge in [0, 0.05) is 12.8 Å². The van der Waals surface area contributed by atoms with Crippen molar-refractivity contribution < 1.29 is 24.6 Å². The van der Waals surface area contributed by atoms with E-state index in [1.165, 1.54) is 0 Å². The van der Waals surface area contributed by atoms with E-state index in [2.05, 4.69) is 5.32 Å². The van der Waals surface area contributed by atoms with Crippen LogP contribution in [-0.2, 0) is 14.4 Å². The normalized spacial score (nSPS) is 13.8. The zero-order valence-electron chi connectivity index (χ0n) is 18.2. The molecule has 0 saturated carbocycles. The van der Waals surface area contributed by atoms with Gasteiger partial charge in [0.2, 0.25) is 5.91 Å². The number of carboxylic acids is 1. The molecule has 0 heterocycles. The molecule has 2 atom stereocenters. The van der Waals surface area contributed by atoms with Crippen molar-refractivity contribution in [2.75, 3.05) is 0 Å². The Labute approximate surface area is 175 Å². The van der Waals surface area contributed by atoms with Crippen LogP contribution in [0.2, 0.25) is 0 Å². The predicted octanol–water partition coefficient (Wildman–Crippen LogP) is 4.18. The van der Waals surface area contributed by atoms with Gasteiger partial charge >= 0.3 is 5.97 Å². The highest BCUT2D eigenvalue weighted by Crippen LogP contribution is 2.09. The van der Waals surface area contributed by atoms with E-state index < -0.39 is 18.1 Å². The summed E-state index contributed by atoms with van der Waals surface area (Å²) in [7, 11) is 0. The third-order valence-corrected chi connectivity index (χ3v) is 4.64. The van der Waals surface area contributed by atoms with E-state index in [4.69, 9.17) is 5.11 Å². The van der Waals surface area contributed by atoms with E-state index in [9.17, 15) is 19.5 Å². The number of carbonyl (C=O) groups is 3. The predicted molar refractivity (Wildman–Crippen MR) is 116 cm³/mol. The van der Waals surface area contributed by atoms with Crippen molar-refractivity contribution in [3.8, 4) is 0 Å². The Morgan fingerprint density at radius 1 is 0.931 bits per heavy atom. The maximum absolute atomic E-state index is 11.8. The summed E-state index contributed by atoms with van der Waals surface area (Å²) >= 11 is 0. The van der Waals surface area contributed by atoms with Crippen molar-refractivity contribution in [3.63, 3.8) is 0 Å². The Balaban J connectivity index is 3.71. The van der Waals surface area contributed by atoms with Gasteiger partial charge in [0.25, 0.3) is 0 Å². The van der Waals surface area contributed by atoms with Crippen molar-refractivity contribution in [2.45, 2.75) is 97.1 Å². The lowest BCUT2D eigenvalue weighted by Crippen LogP contribution is -2.44. The number of aliphatic hydroxyl groups excluding tert-OH is 1. The first-order valence-electron chi connectivity index (χ1n) is 10.8. The highest BCUT2D eigenvalue weighted by atomic mass is 16.4. The van der Waals surface area contributed by atoms with Crippen LogP contribution >= 0.6 is 0 Å². The molecule has 1 unspecified atom stereocenters. The molecule has 0 radical (unpaired) electrons. The van der Waals surface area contributed by atoms with Gasteiger partial charge in [0.05, 0.1) is 0 Å². The van der Waals surface area contributed by atoms with Crippen LogP contribution in [0.25, 0.3) is 0 Å². The SMILES string of the molecule is CCC=CCC(O)C(=O)CC=CCCCCCCCC(=O)N[C@H](C(=O)O)C(C)C. The van der Waals surface area contributed by atoms with Gasteiger partial charge in [0.15, 0.2) is 5.78 Å². The third-order valence-electron chi connectivity index (χ3n) is 4.64. The average Bonchev–Trinajstić information content (AvgIpc) is 2.66. The molecular weight excluding hydrogens is 370 g/mol. The fraction of sp³-hybridized carbons (Fsp3) is 0.696. The molecule has 1 amide bonds. The number of allylic oxidation sites excluding steroid dienone is 3. The fourth-order valence-electron chi connectivity index (χ4n) is 2.81. The number of hydrogen-bond donors (Lipinski definition) is 3. The second-order valence-corrected chi connectivity index (χ2v) is 7.71. The molecule has 0 aliphatic carbocycles. The van der Waals surface area contributed by atoms with Crippen LogP contribution in [0.5, 0.6) is 0 Å². The lowest BCUT2D eigenvalue weighted by Gasteiger charge is -2.17. The number of aliphatic hydroxyl groups is 1. The van der Waals surface area contributed by atoms with Crippen molar-refractivity contribution in [1.82, 2.24) is 5.32 Å². The van der Waals surface area contributed by atoms with Crippen LogP contribution in [-0.4, -0.2) is 40.0 Å². The third kappa shape index (κ3) is 14.7. The Bertz CT molecular complexity index is 539. The van der Waals surface area contributed by atoms with Crippen molar-refractivity contribution >= 4 is 17.7 Å². The lowest BCUT2D eigenvalue weighted by atomic mass is 10.0. The van der Waals surface area contributed by atoms with Gasteiger partial charge < -0.3 is 15.5 Å². The first-order valence-corrected chi connectivity index (χ1v) is 10.8. The Morgan fingerprint density at radius 2 is 1.59 bits per heavy atom. The number of carbonyl (C=O) groups excluding carboxylic acids is 2. The molecule has 0 rings (SSSR count). The number of ketones is 1. The molecule has 0 spiro atoms. The fourth-order valence-corrected chi connectivity index (χ4v) is 2.81. The van der Waals surface area contributed by atoms with E-state index in [0.717, 1.165) is 44.9 Å². The molecule has 0 aromatic carbocycles. The van der Waals surface area contributed by atoms with Gasteiger partial charge in [0.1, 0.15) is 12.1 Å². The van der Waals surface area contributed by atoms with Crippen LogP contribution in [0.4, 0.5) is 0 Å². The quantitative estimate of drug-likeness (QED) is 0.247. The van der Waals surface area contributed by atoms with Crippen molar-refractivity contribution in [1.29, 1.82) is 0 Å². The summed E-state index contributed by atoms with van der Waals surface area (Å²) in [5.74, 6) is -1.49. The van der Waals surface area contributed by atoms with Crippen LogP contribution < -0.4 is 5.32 Å². The van der Waals surface area contributed by atoms with Crippen LogP contribution in [0.15, 0.2) is 24.3 Å². The number of carboxylic acid groups (broad SMARTS) is 1. The minimum Gasteiger partial charge on any atom is -0.480 e. The summed E-state index contributed by atoms with van der Waals surface area (Å²) in [5.41, 5.74) is 0. The molecule has 3 N–H and O–H groups in total. The minimum atomic E-state index is -0.994. The largest absolute Gasteiger partial charge is 0.480 e. The molecule has 6 heteroatoms. The monoisotopic (exact) mass is 409 g/mol. The number of Topliss-reactive ketones (excluding diaryl/α,β-unsaturated/α-hetero) is 1. The number of rotatable bonds is 17. The second kappa shape index (κ2) is 17.0. The standard InChI is InChI=1S/C23H39NO5/c1-4-5-12-15-19(25)20(26)16-13-10-8-6-7-9-11-14-17-21(27)24-22(18(2)3)23(28)29/h5,10,12-13,18-19,22,25H,4,6-9,11,14-17H2,1-3H3,(H,24,27)(H,28,29)/t19?,22-/m0/s1. The van der Waals surface area contributed by atoms with E-state index in [1.807, 2.05) is 31.2 Å². The van der Waals surface area contributed by atoms with Gasteiger partial charge in [-0.15, -0.1) is 0 Å². The number of aliphatic carboxylic acids is 1. The molecule has 0 aliphatic heterocycles. The average molecular weight is 410 g/mol. The summed E-state index contributed by atoms with van der Waals surface area (Å²) in [6, 6.07) is -0.824. The molecule has 29 heavy (non-hydrogen) atoms. The molecular formula is C23H39NO5. The first kappa shape index (κ1) is 27.0. The molecule has 0 aromatic heterocycles. The van der Waals surface area contributed by atoms with Gasteiger partial charge in [-0.25, -0.2) is 4.79 Å². The second-order valence-electron chi connectivity index (χ2n) is 7.71. The number of nitrogens with one attached hydrogen (secondary N) is 1. The van der Waals surface area contributed by atoms with Crippen molar-refractivity contribution in [2.24, 2.45) is 5.92 Å². The van der Waals surface area contributed by atoms with Crippen LogP contribution in [0, 0.1) is 5.92 Å². The molecule has 6 nitrogen and oxygen atoms in total. The summed E-state index contributed by atoms with van der Waals surface area (Å²) in [6.07, 6.45) is 14.3. The molecule has 0 aliphatic rings. The maximum Gasteiger partial charge on any atom is 0.326 e. The summed E-state index contributed by atoms with van der Waals surface area (Å²) < 4.78 is 0. The summed E-state index contributed by atoms with van der Waals surface area (Å²) in [4.78, 5) is 34.6. The number of hydrogen-bond acceptors (Lipinski definition) is 4. The van der Waals surface area contributed by atoms with Gasteiger partial charge in [-0.1, -0.05) is 64.3 Å². The van der Waals surface area contributed by atoms with Gasteiger partial charge in [-0.05, 0) is 38.0 Å². The van der Waals surface area contributed by atoms with Crippen LogP contribution in [0.3, 0.4) is 0 Å². The van der Waals surface area contributed by atoms with E-state index in [1.54, 1.807) is 13.8 Å². The Kier molecular flexibility index (Phi) is 15.8. The first-order chi connectivity index (χ1) is 13.8. The minimum absolute atomic E-state index is 0.138. The Hall–Kier alpha value is -1.95. The van der Waals surface area contributed by atoms with Crippen LogP contribution in [0.1, 0.15) is 85.0 Å². The zero-order chi connectivity index (χ0) is 22.1. The highest BCUT2D eigenvalue weighted by molar-refractivity contribution is 5.84.